The topological polar surface area (TPSA) is 63.1 Å². The fraction of sp³-hybridized carbons (Fsp3) is 0.471. The van der Waals surface area contributed by atoms with E-state index in [0.29, 0.717) is 17.4 Å². The Morgan fingerprint density at radius 2 is 2.09 bits per heavy atom. The summed E-state index contributed by atoms with van der Waals surface area (Å²) in [5.74, 6) is 0.502. The lowest BCUT2D eigenvalue weighted by atomic mass is 10.2. The monoisotopic (exact) mass is 313 g/mol. The van der Waals surface area contributed by atoms with Gasteiger partial charge in [-0.2, -0.15) is 5.10 Å². The zero-order valence-electron chi connectivity index (χ0n) is 13.9. The summed E-state index contributed by atoms with van der Waals surface area (Å²) >= 11 is 0. The highest BCUT2D eigenvalue weighted by molar-refractivity contribution is 6.07. The minimum absolute atomic E-state index is 0.157. The van der Waals surface area contributed by atoms with E-state index in [4.69, 9.17) is 0 Å². The predicted octanol–water partition coefficient (Wildman–Crippen LogP) is 3.02. The Morgan fingerprint density at radius 1 is 1.35 bits per heavy atom. The summed E-state index contributed by atoms with van der Waals surface area (Å²) in [4.78, 5) is 18.7. The van der Waals surface area contributed by atoms with Gasteiger partial charge in [-0.25, -0.2) is 4.98 Å². The first kappa shape index (κ1) is 15.5. The summed E-state index contributed by atoms with van der Waals surface area (Å²) in [7, 11) is 3.75. The molecule has 0 bridgehead atoms. The van der Waals surface area contributed by atoms with Gasteiger partial charge >= 0.3 is 0 Å². The lowest BCUT2D eigenvalue weighted by Crippen LogP contribution is -2.20. The average molecular weight is 313 g/mol. The van der Waals surface area contributed by atoms with Crippen LogP contribution in [0.5, 0.6) is 0 Å². The Labute approximate surface area is 136 Å². The third kappa shape index (κ3) is 3.06. The molecule has 2 aromatic heterocycles. The van der Waals surface area contributed by atoms with Crippen LogP contribution in [0.15, 0.2) is 24.5 Å². The quantitative estimate of drug-likeness (QED) is 0.942. The number of anilines is 2. The molecule has 0 radical (unpaired) electrons. The van der Waals surface area contributed by atoms with Crippen LogP contribution in [0.2, 0.25) is 0 Å². The largest absolute Gasteiger partial charge is 0.362 e. The van der Waals surface area contributed by atoms with Gasteiger partial charge in [-0.3, -0.25) is 9.48 Å². The molecule has 3 rings (SSSR count). The third-order valence-electron chi connectivity index (χ3n) is 4.42. The van der Waals surface area contributed by atoms with Crippen molar-refractivity contribution in [2.24, 2.45) is 0 Å². The van der Waals surface area contributed by atoms with Crippen molar-refractivity contribution in [1.82, 2.24) is 14.8 Å². The molecule has 1 saturated carbocycles. The molecule has 0 unspecified atom stereocenters. The zero-order valence-corrected chi connectivity index (χ0v) is 13.9. The van der Waals surface area contributed by atoms with Gasteiger partial charge in [0.25, 0.3) is 5.91 Å². The van der Waals surface area contributed by atoms with Crippen LogP contribution in [-0.4, -0.2) is 34.8 Å². The van der Waals surface area contributed by atoms with Crippen LogP contribution in [-0.2, 0) is 0 Å². The van der Waals surface area contributed by atoms with E-state index in [0.717, 1.165) is 11.4 Å². The summed E-state index contributed by atoms with van der Waals surface area (Å²) in [6.07, 6.45) is 8.29. The molecule has 2 aromatic rings. The van der Waals surface area contributed by atoms with Crippen molar-refractivity contribution in [2.75, 3.05) is 24.3 Å². The van der Waals surface area contributed by atoms with Gasteiger partial charge in [0.05, 0.1) is 29.2 Å². The molecule has 1 aliphatic carbocycles. The normalized spacial score (nSPS) is 14.9. The number of amides is 1. The second-order valence-corrected chi connectivity index (χ2v) is 6.25. The van der Waals surface area contributed by atoms with Crippen molar-refractivity contribution >= 4 is 17.4 Å². The molecule has 1 amide bonds. The first-order chi connectivity index (χ1) is 11.1. The van der Waals surface area contributed by atoms with Gasteiger partial charge in [-0.15, -0.1) is 0 Å². The predicted molar refractivity (Wildman–Crippen MR) is 91.0 cm³/mol. The number of carbonyl (C=O) groups is 1. The summed E-state index contributed by atoms with van der Waals surface area (Å²) in [6, 6.07) is 4.03. The average Bonchev–Trinajstić information content (AvgIpc) is 3.18. The Hall–Kier alpha value is -2.37. The van der Waals surface area contributed by atoms with E-state index < -0.39 is 0 Å². The first-order valence-corrected chi connectivity index (χ1v) is 8.05. The SMILES string of the molecule is Cc1c(NC(=O)c2cccnc2N(C)C)cnn1C1CCCC1. The molecule has 0 aromatic carbocycles. The molecule has 6 heteroatoms. The van der Waals surface area contributed by atoms with E-state index in [1.165, 1.54) is 25.7 Å². The second kappa shape index (κ2) is 6.40. The van der Waals surface area contributed by atoms with Gasteiger partial charge in [0, 0.05) is 20.3 Å². The van der Waals surface area contributed by atoms with Crippen LogP contribution in [0.3, 0.4) is 0 Å². The van der Waals surface area contributed by atoms with Crippen LogP contribution in [0.1, 0.15) is 47.8 Å². The van der Waals surface area contributed by atoms with Crippen molar-refractivity contribution in [3.05, 3.63) is 35.8 Å². The molecule has 2 heterocycles. The van der Waals surface area contributed by atoms with Crippen LogP contribution in [0, 0.1) is 6.92 Å². The standard InChI is InChI=1S/C17H23N5O/c1-12-15(11-19-22(12)13-7-4-5-8-13)20-17(23)14-9-6-10-18-16(14)21(2)3/h6,9-11,13H,4-5,7-8H2,1-3H3,(H,20,23). The van der Waals surface area contributed by atoms with Crippen molar-refractivity contribution < 1.29 is 4.79 Å². The fourth-order valence-electron chi connectivity index (χ4n) is 3.18. The van der Waals surface area contributed by atoms with Gasteiger partial charge in [0.2, 0.25) is 0 Å². The number of aromatic nitrogens is 3. The highest BCUT2D eigenvalue weighted by atomic mass is 16.1. The molecule has 23 heavy (non-hydrogen) atoms. The van der Waals surface area contributed by atoms with Gasteiger partial charge in [0.1, 0.15) is 5.82 Å². The molecule has 1 fully saturated rings. The number of hydrogen-bond donors (Lipinski definition) is 1. The van der Waals surface area contributed by atoms with E-state index in [2.05, 4.69) is 20.1 Å². The summed E-state index contributed by atoms with van der Waals surface area (Å²) in [5, 5.41) is 7.45. The number of rotatable bonds is 4. The highest BCUT2D eigenvalue weighted by Crippen LogP contribution is 2.31. The first-order valence-electron chi connectivity index (χ1n) is 8.05. The maximum atomic E-state index is 12.6. The molecule has 0 atom stereocenters. The van der Waals surface area contributed by atoms with E-state index in [1.807, 2.05) is 25.9 Å². The van der Waals surface area contributed by atoms with E-state index in [-0.39, 0.29) is 5.91 Å². The Bertz CT molecular complexity index is 701. The Kier molecular flexibility index (Phi) is 4.32. The second-order valence-electron chi connectivity index (χ2n) is 6.25. The zero-order chi connectivity index (χ0) is 16.4. The van der Waals surface area contributed by atoms with Gasteiger partial charge < -0.3 is 10.2 Å². The minimum Gasteiger partial charge on any atom is -0.362 e. The molecule has 0 aliphatic heterocycles. The molecule has 6 nitrogen and oxygen atoms in total. The minimum atomic E-state index is -0.157. The van der Waals surface area contributed by atoms with Crippen LogP contribution in [0.25, 0.3) is 0 Å². The van der Waals surface area contributed by atoms with Crippen LogP contribution >= 0.6 is 0 Å². The number of pyridine rings is 1. The number of nitrogens with one attached hydrogen (secondary N) is 1. The Balaban J connectivity index is 1.81. The molecule has 0 saturated heterocycles. The molecule has 122 valence electrons. The van der Waals surface area contributed by atoms with Crippen molar-refractivity contribution in [1.29, 1.82) is 0 Å². The van der Waals surface area contributed by atoms with Crippen LogP contribution < -0.4 is 10.2 Å². The van der Waals surface area contributed by atoms with Gasteiger partial charge in [-0.05, 0) is 31.9 Å². The maximum absolute atomic E-state index is 12.6. The van der Waals surface area contributed by atoms with Gasteiger partial charge in [-0.1, -0.05) is 12.8 Å². The maximum Gasteiger partial charge on any atom is 0.259 e. The summed E-state index contributed by atoms with van der Waals surface area (Å²) in [6.45, 7) is 2.01. The number of nitrogens with zero attached hydrogens (tertiary/aromatic N) is 4. The fourth-order valence-corrected chi connectivity index (χ4v) is 3.18. The highest BCUT2D eigenvalue weighted by Gasteiger charge is 2.22. The summed E-state index contributed by atoms with van der Waals surface area (Å²) < 4.78 is 2.05. The molecular formula is C17H23N5O. The molecule has 1 N–H and O–H groups in total. The number of carbonyl (C=O) groups excluding carboxylic acids is 1. The lowest BCUT2D eigenvalue weighted by molar-refractivity contribution is 0.102. The van der Waals surface area contributed by atoms with E-state index in [9.17, 15) is 4.79 Å². The van der Waals surface area contributed by atoms with Crippen molar-refractivity contribution in [2.45, 2.75) is 38.6 Å². The van der Waals surface area contributed by atoms with Crippen LogP contribution in [0.4, 0.5) is 11.5 Å². The summed E-state index contributed by atoms with van der Waals surface area (Å²) in [5.41, 5.74) is 2.35. The molecular weight excluding hydrogens is 290 g/mol. The van der Waals surface area contributed by atoms with E-state index >= 15 is 0 Å². The van der Waals surface area contributed by atoms with Crippen molar-refractivity contribution in [3.63, 3.8) is 0 Å². The van der Waals surface area contributed by atoms with Gasteiger partial charge in [0.15, 0.2) is 0 Å². The third-order valence-corrected chi connectivity index (χ3v) is 4.42. The number of hydrogen-bond acceptors (Lipinski definition) is 4. The lowest BCUT2D eigenvalue weighted by Gasteiger charge is -2.16. The Morgan fingerprint density at radius 3 is 2.78 bits per heavy atom. The van der Waals surface area contributed by atoms with E-state index in [1.54, 1.807) is 24.5 Å². The molecule has 1 aliphatic rings. The smallest absolute Gasteiger partial charge is 0.259 e. The van der Waals surface area contributed by atoms with Crippen molar-refractivity contribution in [3.8, 4) is 0 Å². The molecule has 0 spiro atoms.